The molecule has 0 radical (unpaired) electrons. The van der Waals surface area contributed by atoms with E-state index in [9.17, 15) is 4.79 Å². The van der Waals surface area contributed by atoms with E-state index in [-0.39, 0.29) is 17.5 Å². The first-order valence-corrected chi connectivity index (χ1v) is 11.3. The first kappa shape index (κ1) is 20.5. The highest BCUT2D eigenvalue weighted by Gasteiger charge is 2.60. The van der Waals surface area contributed by atoms with Crippen molar-refractivity contribution in [1.82, 2.24) is 20.2 Å². The number of aromatic amines is 1. The lowest BCUT2D eigenvalue weighted by atomic mass is 9.89. The molecule has 8 heteroatoms. The lowest BCUT2D eigenvalue weighted by Gasteiger charge is -2.37. The number of benzene rings is 1. The van der Waals surface area contributed by atoms with Gasteiger partial charge in [-0.05, 0) is 73.9 Å². The minimum absolute atomic E-state index is 0.0558. The minimum Gasteiger partial charge on any atom is -0.349 e. The van der Waals surface area contributed by atoms with Gasteiger partial charge in [0, 0.05) is 41.5 Å². The van der Waals surface area contributed by atoms with E-state index >= 15 is 0 Å². The van der Waals surface area contributed by atoms with Crippen LogP contribution in [0.4, 0.5) is 5.69 Å². The van der Waals surface area contributed by atoms with E-state index in [4.69, 9.17) is 5.53 Å². The number of aromatic nitrogens is 2. The molecule has 2 heterocycles. The van der Waals surface area contributed by atoms with Crippen LogP contribution in [-0.4, -0.2) is 38.9 Å². The van der Waals surface area contributed by atoms with Gasteiger partial charge in [-0.15, -0.1) is 0 Å². The number of pyridine rings is 1. The van der Waals surface area contributed by atoms with Gasteiger partial charge < -0.3 is 15.2 Å². The molecule has 0 spiro atoms. The number of azide groups is 1. The highest BCUT2D eigenvalue weighted by molar-refractivity contribution is 5.97. The molecule has 0 unspecified atom stereocenters. The third-order valence-electron chi connectivity index (χ3n) is 7.06. The van der Waals surface area contributed by atoms with Gasteiger partial charge in [-0.25, -0.2) is 0 Å². The maximum absolute atomic E-state index is 13.4. The lowest BCUT2D eigenvalue weighted by Crippen LogP contribution is -2.48. The number of carbonyl (C=O) groups is 1. The number of carbonyl (C=O) groups excluding carboxylic acids is 1. The smallest absolute Gasteiger partial charge is 0.270 e. The second-order valence-corrected chi connectivity index (χ2v) is 8.85. The summed E-state index contributed by atoms with van der Waals surface area (Å²) < 4.78 is 0. The predicted octanol–water partition coefficient (Wildman–Crippen LogP) is 5.07. The van der Waals surface area contributed by atoms with Crippen molar-refractivity contribution in [1.29, 1.82) is 0 Å². The first-order chi connectivity index (χ1) is 15.6. The summed E-state index contributed by atoms with van der Waals surface area (Å²) in [5, 5.41) is 7.48. The van der Waals surface area contributed by atoms with E-state index in [0.717, 1.165) is 48.8 Å². The summed E-state index contributed by atoms with van der Waals surface area (Å²) in [7, 11) is 0. The Hall–Kier alpha value is -3.35. The van der Waals surface area contributed by atoms with Crippen LogP contribution in [-0.2, 0) is 6.54 Å². The number of amides is 1. The van der Waals surface area contributed by atoms with Crippen LogP contribution < -0.4 is 5.32 Å². The second-order valence-electron chi connectivity index (χ2n) is 8.85. The Labute approximate surface area is 186 Å². The topological polar surface area (TPSA) is 110 Å². The molecule has 3 aromatic rings. The molecule has 0 aliphatic heterocycles. The van der Waals surface area contributed by atoms with Gasteiger partial charge in [0.05, 0.1) is 11.0 Å². The predicted molar refractivity (Wildman–Crippen MR) is 123 cm³/mol. The molecular weight excluding hydrogens is 402 g/mol. The molecule has 2 saturated carbocycles. The molecule has 2 aliphatic carbocycles. The van der Waals surface area contributed by atoms with Gasteiger partial charge in [-0.2, -0.15) is 0 Å². The summed E-state index contributed by atoms with van der Waals surface area (Å²) >= 11 is 0. The van der Waals surface area contributed by atoms with Crippen LogP contribution in [0, 0.1) is 5.92 Å². The summed E-state index contributed by atoms with van der Waals surface area (Å²) in [6.45, 7) is 3.48. The van der Waals surface area contributed by atoms with E-state index < -0.39 is 0 Å². The molecule has 8 nitrogen and oxygen atoms in total. The summed E-state index contributed by atoms with van der Waals surface area (Å²) in [5.74, 6) is 0.517. The number of nitrogens with one attached hydrogen (secondary N) is 2. The number of rotatable bonds is 7. The van der Waals surface area contributed by atoms with Crippen molar-refractivity contribution in [2.45, 2.75) is 50.7 Å². The van der Waals surface area contributed by atoms with Gasteiger partial charge in [0.2, 0.25) is 0 Å². The van der Waals surface area contributed by atoms with Crippen molar-refractivity contribution < 1.29 is 4.79 Å². The quantitative estimate of drug-likeness (QED) is 0.311. The Balaban J connectivity index is 1.30. The summed E-state index contributed by atoms with van der Waals surface area (Å²) in [6, 6.07) is 13.6. The molecule has 2 aliphatic rings. The summed E-state index contributed by atoms with van der Waals surface area (Å²) in [5.41, 5.74) is 12.8. The number of nitrogens with zero attached hydrogens (tertiary/aromatic N) is 5. The van der Waals surface area contributed by atoms with Crippen molar-refractivity contribution in [3.05, 3.63) is 70.4 Å². The summed E-state index contributed by atoms with van der Waals surface area (Å²) in [6.07, 6.45) is 6.11. The monoisotopic (exact) mass is 429 g/mol. The van der Waals surface area contributed by atoms with Crippen LogP contribution in [0.5, 0.6) is 0 Å². The molecular formula is C24H27N7O. The first-order valence-electron chi connectivity index (χ1n) is 11.3. The zero-order chi connectivity index (χ0) is 22.1. The Morgan fingerprint density at radius 1 is 1.38 bits per heavy atom. The standard InChI is InChI=1S/C24H27N7O/c1-2-31(23(32)21-13-20-19(28-21)8-5-11-26-20)22-9-4-10-24(14-18(22)24)27-15-16-6-3-7-17(12-16)29-30-25/h3,5-8,11-13,18,22,27-28H,2,4,9-10,14-15H2,1H3/t18-,22-,24-/m0/s1. The normalized spacial score (nSPS) is 23.9. The number of hydrogen-bond acceptors (Lipinski definition) is 4. The number of fused-ring (bicyclic) bond motifs is 2. The zero-order valence-corrected chi connectivity index (χ0v) is 18.2. The molecule has 0 saturated heterocycles. The van der Waals surface area contributed by atoms with Gasteiger partial charge in [-0.1, -0.05) is 23.3 Å². The zero-order valence-electron chi connectivity index (χ0n) is 18.2. The van der Waals surface area contributed by atoms with Crippen molar-refractivity contribution in [3.8, 4) is 0 Å². The molecule has 3 atom stereocenters. The van der Waals surface area contributed by atoms with E-state index in [0.29, 0.717) is 23.8 Å². The van der Waals surface area contributed by atoms with Gasteiger partial charge in [0.1, 0.15) is 5.69 Å². The lowest BCUT2D eigenvalue weighted by molar-refractivity contribution is 0.0608. The van der Waals surface area contributed by atoms with Crippen molar-refractivity contribution in [2.24, 2.45) is 11.0 Å². The highest BCUT2D eigenvalue weighted by atomic mass is 16.2. The molecule has 1 aromatic carbocycles. The average molecular weight is 430 g/mol. The van der Waals surface area contributed by atoms with Gasteiger partial charge in [0.25, 0.3) is 5.91 Å². The minimum atomic E-state index is 0.0558. The molecule has 164 valence electrons. The maximum Gasteiger partial charge on any atom is 0.270 e. The van der Waals surface area contributed by atoms with Crippen molar-refractivity contribution in [2.75, 3.05) is 6.54 Å². The Morgan fingerprint density at radius 2 is 2.28 bits per heavy atom. The van der Waals surface area contributed by atoms with E-state index in [1.165, 1.54) is 0 Å². The van der Waals surface area contributed by atoms with Crippen LogP contribution in [0.3, 0.4) is 0 Å². The van der Waals surface area contributed by atoms with Crippen LogP contribution in [0.25, 0.3) is 21.5 Å². The highest BCUT2D eigenvalue weighted by Crippen LogP contribution is 2.55. The SMILES string of the molecule is CCN(C(=O)c1cc2ncccc2[nH]1)[C@H]1CCC[C@]2(NCc3cccc(N=[N+]=[N-])c3)C[C@@H]12. The Morgan fingerprint density at radius 3 is 3.09 bits per heavy atom. The molecule has 0 bridgehead atoms. The summed E-state index contributed by atoms with van der Waals surface area (Å²) in [4.78, 5) is 25.9. The molecule has 32 heavy (non-hydrogen) atoms. The largest absolute Gasteiger partial charge is 0.349 e. The number of hydrogen-bond donors (Lipinski definition) is 2. The maximum atomic E-state index is 13.4. The average Bonchev–Trinajstić information content (AvgIpc) is 3.40. The molecule has 2 aromatic heterocycles. The number of H-pyrrole nitrogens is 1. The fourth-order valence-electron chi connectivity index (χ4n) is 5.43. The molecule has 2 N–H and O–H groups in total. The fourth-order valence-corrected chi connectivity index (χ4v) is 5.43. The molecule has 5 rings (SSSR count). The van der Waals surface area contributed by atoms with E-state index in [2.05, 4.69) is 32.2 Å². The third-order valence-corrected chi connectivity index (χ3v) is 7.06. The van der Waals surface area contributed by atoms with Gasteiger partial charge in [0.15, 0.2) is 0 Å². The Bertz CT molecular complexity index is 1160. The van der Waals surface area contributed by atoms with Gasteiger partial charge in [-0.3, -0.25) is 9.78 Å². The van der Waals surface area contributed by atoms with E-state index in [1.807, 2.05) is 47.4 Å². The van der Waals surface area contributed by atoms with Crippen molar-refractivity contribution >= 4 is 22.6 Å². The van der Waals surface area contributed by atoms with Gasteiger partial charge >= 0.3 is 0 Å². The second kappa shape index (κ2) is 8.30. The Kier molecular flexibility index (Phi) is 5.33. The van der Waals surface area contributed by atoms with Crippen LogP contribution in [0.1, 0.15) is 48.7 Å². The third kappa shape index (κ3) is 3.72. The van der Waals surface area contributed by atoms with Crippen LogP contribution in [0.15, 0.2) is 53.8 Å². The molecule has 1 amide bonds. The fraction of sp³-hybridized carbons (Fsp3) is 0.417. The van der Waals surface area contributed by atoms with Crippen molar-refractivity contribution in [3.63, 3.8) is 0 Å². The van der Waals surface area contributed by atoms with Crippen LogP contribution >= 0.6 is 0 Å². The molecule has 2 fully saturated rings. The van der Waals surface area contributed by atoms with E-state index in [1.54, 1.807) is 6.20 Å². The van der Waals surface area contributed by atoms with Crippen LogP contribution in [0.2, 0.25) is 0 Å².